The lowest BCUT2D eigenvalue weighted by Gasteiger charge is -2.19. The molecule has 0 saturated heterocycles. The molecule has 2 aromatic carbocycles. The van der Waals surface area contributed by atoms with Crippen LogP contribution < -0.4 is 0 Å². The van der Waals surface area contributed by atoms with Gasteiger partial charge in [0.2, 0.25) is 0 Å². The van der Waals surface area contributed by atoms with E-state index in [4.69, 9.17) is 0 Å². The zero-order valence-electron chi connectivity index (χ0n) is 12.4. The molecule has 22 heavy (non-hydrogen) atoms. The molecule has 0 unspecified atom stereocenters. The Morgan fingerprint density at radius 3 is 2.41 bits per heavy atom. The topological polar surface area (TPSA) is 0 Å². The summed E-state index contributed by atoms with van der Waals surface area (Å²) in [5.41, 5.74) is 2.73. The molecule has 114 valence electrons. The van der Waals surface area contributed by atoms with Gasteiger partial charge in [0.05, 0.1) is 5.56 Å². The smallest absolute Gasteiger partial charge is 0.137 e. The van der Waals surface area contributed by atoms with Crippen LogP contribution >= 0.6 is 0 Å². The van der Waals surface area contributed by atoms with Gasteiger partial charge in [0.15, 0.2) is 0 Å². The van der Waals surface area contributed by atoms with Crippen molar-refractivity contribution in [2.75, 3.05) is 0 Å². The maximum absolute atomic E-state index is 14.8. The summed E-state index contributed by atoms with van der Waals surface area (Å²) in [5, 5.41) is 0. The van der Waals surface area contributed by atoms with Crippen LogP contribution in [0, 0.1) is 17.5 Å². The van der Waals surface area contributed by atoms with Gasteiger partial charge in [-0.1, -0.05) is 37.1 Å². The highest BCUT2D eigenvalue weighted by atomic mass is 19.1. The van der Waals surface area contributed by atoms with Gasteiger partial charge >= 0.3 is 0 Å². The Balaban J connectivity index is 2.10. The van der Waals surface area contributed by atoms with Crippen LogP contribution in [0.15, 0.2) is 35.9 Å². The number of hydrogen-bond acceptors (Lipinski definition) is 0. The van der Waals surface area contributed by atoms with Gasteiger partial charge in [-0.2, -0.15) is 0 Å². The average molecular weight is 302 g/mol. The van der Waals surface area contributed by atoms with Crippen molar-refractivity contribution >= 4 is 6.08 Å². The van der Waals surface area contributed by atoms with E-state index in [1.54, 1.807) is 0 Å². The number of benzene rings is 2. The Labute approximate surface area is 128 Å². The molecule has 0 saturated carbocycles. The van der Waals surface area contributed by atoms with Crippen LogP contribution in [-0.2, 0) is 6.42 Å². The Bertz CT molecular complexity index is 727. The second-order valence-corrected chi connectivity index (χ2v) is 5.67. The van der Waals surface area contributed by atoms with Gasteiger partial charge in [-0.3, -0.25) is 0 Å². The quantitative estimate of drug-likeness (QED) is 0.662. The van der Waals surface area contributed by atoms with Crippen molar-refractivity contribution in [3.05, 3.63) is 64.5 Å². The fourth-order valence-electron chi connectivity index (χ4n) is 3.04. The number of fused-ring (bicyclic) bond motifs is 1. The summed E-state index contributed by atoms with van der Waals surface area (Å²) < 4.78 is 42.1. The number of halogens is 3. The Morgan fingerprint density at radius 2 is 1.73 bits per heavy atom. The highest BCUT2D eigenvalue weighted by molar-refractivity contribution is 5.71. The van der Waals surface area contributed by atoms with E-state index < -0.39 is 17.5 Å². The van der Waals surface area contributed by atoms with Crippen molar-refractivity contribution in [1.29, 1.82) is 0 Å². The predicted molar refractivity (Wildman–Crippen MR) is 83.0 cm³/mol. The number of rotatable bonds is 3. The zero-order valence-corrected chi connectivity index (χ0v) is 12.4. The fourth-order valence-corrected chi connectivity index (χ4v) is 3.04. The summed E-state index contributed by atoms with van der Waals surface area (Å²) in [5.74, 6) is -1.54. The first-order valence-electron chi connectivity index (χ1n) is 7.56. The Hall–Kier alpha value is -2.03. The minimum absolute atomic E-state index is 0.0638. The molecule has 0 aromatic heterocycles. The summed E-state index contributed by atoms with van der Waals surface area (Å²) in [7, 11) is 0. The summed E-state index contributed by atoms with van der Waals surface area (Å²) >= 11 is 0. The van der Waals surface area contributed by atoms with E-state index in [0.29, 0.717) is 23.1 Å². The van der Waals surface area contributed by atoms with Crippen LogP contribution in [-0.4, -0.2) is 0 Å². The van der Waals surface area contributed by atoms with Crippen LogP contribution in [0.2, 0.25) is 0 Å². The zero-order chi connectivity index (χ0) is 15.7. The van der Waals surface area contributed by atoms with Gasteiger partial charge in [-0.15, -0.1) is 0 Å². The maximum atomic E-state index is 14.8. The van der Waals surface area contributed by atoms with E-state index in [9.17, 15) is 13.2 Å². The van der Waals surface area contributed by atoms with E-state index in [1.807, 2.05) is 6.08 Å². The van der Waals surface area contributed by atoms with E-state index in [2.05, 4.69) is 6.92 Å². The van der Waals surface area contributed by atoms with Crippen molar-refractivity contribution in [3.8, 4) is 11.1 Å². The van der Waals surface area contributed by atoms with Crippen molar-refractivity contribution in [3.63, 3.8) is 0 Å². The lowest BCUT2D eigenvalue weighted by atomic mass is 9.87. The third kappa shape index (κ3) is 2.68. The highest BCUT2D eigenvalue weighted by Crippen LogP contribution is 2.35. The van der Waals surface area contributed by atoms with E-state index in [0.717, 1.165) is 19.3 Å². The molecule has 0 heterocycles. The summed E-state index contributed by atoms with van der Waals surface area (Å²) in [6, 6.07) is 6.64. The van der Waals surface area contributed by atoms with Gasteiger partial charge < -0.3 is 0 Å². The van der Waals surface area contributed by atoms with Crippen LogP contribution in [0.5, 0.6) is 0 Å². The molecular weight excluding hydrogens is 285 g/mol. The monoisotopic (exact) mass is 302 g/mol. The van der Waals surface area contributed by atoms with Crippen LogP contribution in [0.3, 0.4) is 0 Å². The molecule has 0 spiro atoms. The third-order valence-electron chi connectivity index (χ3n) is 4.11. The fraction of sp³-hybridized carbons (Fsp3) is 0.263. The average Bonchev–Trinajstić information content (AvgIpc) is 2.49. The van der Waals surface area contributed by atoms with E-state index in [-0.39, 0.29) is 5.56 Å². The Morgan fingerprint density at radius 1 is 1.00 bits per heavy atom. The second kappa shape index (κ2) is 5.99. The highest BCUT2D eigenvalue weighted by Gasteiger charge is 2.21. The molecule has 0 N–H and O–H groups in total. The van der Waals surface area contributed by atoms with Crippen LogP contribution in [0.4, 0.5) is 13.2 Å². The third-order valence-corrected chi connectivity index (χ3v) is 4.11. The molecule has 3 rings (SSSR count). The summed E-state index contributed by atoms with van der Waals surface area (Å²) in [6.45, 7) is 2.09. The molecule has 0 nitrogen and oxygen atoms in total. The first kappa shape index (κ1) is 14.9. The van der Waals surface area contributed by atoms with Crippen LogP contribution in [0.25, 0.3) is 17.2 Å². The summed E-state index contributed by atoms with van der Waals surface area (Å²) in [6.07, 6.45) is 5.29. The van der Waals surface area contributed by atoms with Gasteiger partial charge in [0.1, 0.15) is 17.5 Å². The van der Waals surface area contributed by atoms with Gasteiger partial charge in [-0.25, -0.2) is 13.2 Å². The number of allylic oxidation sites excluding steroid dienone is 1. The molecule has 0 amide bonds. The normalized spacial score (nSPS) is 13.7. The first-order valence-corrected chi connectivity index (χ1v) is 7.56. The van der Waals surface area contributed by atoms with E-state index in [1.165, 1.54) is 35.9 Å². The van der Waals surface area contributed by atoms with Crippen molar-refractivity contribution < 1.29 is 13.2 Å². The number of hydrogen-bond donors (Lipinski definition) is 0. The molecule has 1 aliphatic rings. The SMILES string of the molecule is CCCC1=Cc2cc(F)c(-c3ccc(F)cc3)c(F)c2CC1. The molecule has 0 fully saturated rings. The second-order valence-electron chi connectivity index (χ2n) is 5.67. The summed E-state index contributed by atoms with van der Waals surface area (Å²) in [4.78, 5) is 0. The molecule has 0 bridgehead atoms. The minimum Gasteiger partial charge on any atom is -0.207 e. The van der Waals surface area contributed by atoms with Gasteiger partial charge in [-0.05, 0) is 54.2 Å². The van der Waals surface area contributed by atoms with Crippen molar-refractivity contribution in [2.24, 2.45) is 0 Å². The molecule has 3 heteroatoms. The lowest BCUT2D eigenvalue weighted by molar-refractivity contribution is 0.574. The molecule has 0 atom stereocenters. The first-order chi connectivity index (χ1) is 10.6. The largest absolute Gasteiger partial charge is 0.207 e. The lowest BCUT2D eigenvalue weighted by Crippen LogP contribution is -2.06. The Kier molecular flexibility index (Phi) is 4.06. The van der Waals surface area contributed by atoms with E-state index >= 15 is 0 Å². The van der Waals surface area contributed by atoms with Crippen LogP contribution in [0.1, 0.15) is 37.3 Å². The van der Waals surface area contributed by atoms with Crippen molar-refractivity contribution in [2.45, 2.75) is 32.6 Å². The van der Waals surface area contributed by atoms with Gasteiger partial charge in [0, 0.05) is 0 Å². The molecule has 0 aliphatic heterocycles. The standard InChI is InChI=1S/C19H17F3/c1-2-3-12-4-9-16-14(10-12)11-17(21)18(19(16)22)13-5-7-15(20)8-6-13/h5-8,10-11H,2-4,9H2,1H3. The van der Waals surface area contributed by atoms with Gasteiger partial charge in [0.25, 0.3) is 0 Å². The van der Waals surface area contributed by atoms with Crippen molar-refractivity contribution in [1.82, 2.24) is 0 Å². The molecule has 1 aliphatic carbocycles. The molecule has 0 radical (unpaired) electrons. The predicted octanol–water partition coefficient (Wildman–Crippen LogP) is 5.90. The minimum atomic E-state index is -0.600. The maximum Gasteiger partial charge on any atom is 0.137 e. The molecule has 2 aromatic rings. The molecular formula is C19H17F3.